The van der Waals surface area contributed by atoms with E-state index in [9.17, 15) is 14.4 Å². The van der Waals surface area contributed by atoms with Crippen molar-refractivity contribution in [1.29, 1.82) is 0 Å². The molecule has 2 rings (SSSR count). The van der Waals surface area contributed by atoms with Crippen molar-refractivity contribution < 1.29 is 19.1 Å². The average molecular weight is 401 g/mol. The maximum absolute atomic E-state index is 12.6. The molecule has 28 heavy (non-hydrogen) atoms. The van der Waals surface area contributed by atoms with Crippen LogP contribution in [0.3, 0.4) is 0 Å². The molecule has 0 aliphatic carbocycles. The van der Waals surface area contributed by atoms with Crippen molar-refractivity contribution >= 4 is 34.5 Å². The fourth-order valence-corrected chi connectivity index (χ4v) is 2.79. The van der Waals surface area contributed by atoms with Crippen molar-refractivity contribution in [1.82, 2.24) is 9.80 Å². The highest BCUT2D eigenvalue weighted by molar-refractivity contribution is 8.13. The summed E-state index contributed by atoms with van der Waals surface area (Å²) in [6.45, 7) is -0.107. The molecule has 7 nitrogen and oxygen atoms in total. The van der Waals surface area contributed by atoms with E-state index in [-0.39, 0.29) is 23.7 Å². The number of thioether (sulfide) groups is 1. The molecule has 0 aliphatic heterocycles. The number of likely N-dealkylation sites (N-methyl/N-ethyl adjacent to an activating group) is 1. The number of hydrogen-bond acceptors (Lipinski definition) is 5. The van der Waals surface area contributed by atoms with Crippen LogP contribution in [0.1, 0.15) is 10.4 Å². The fourth-order valence-electron chi connectivity index (χ4n) is 2.04. The largest absolute Gasteiger partial charge is 0.484 e. The first kappa shape index (κ1) is 21.3. The molecule has 0 bridgehead atoms. The van der Waals surface area contributed by atoms with Crippen molar-refractivity contribution in [3.63, 3.8) is 0 Å². The van der Waals surface area contributed by atoms with Crippen molar-refractivity contribution in [2.45, 2.75) is 4.90 Å². The van der Waals surface area contributed by atoms with Gasteiger partial charge in [-0.25, -0.2) is 0 Å². The second-order valence-electron chi connectivity index (χ2n) is 6.32. The topological polar surface area (TPSA) is 79.0 Å². The number of ether oxygens (including phenoxy) is 1. The second kappa shape index (κ2) is 9.80. The summed E-state index contributed by atoms with van der Waals surface area (Å²) in [6.07, 6.45) is 0. The molecule has 0 aromatic heterocycles. The highest BCUT2D eigenvalue weighted by atomic mass is 32.2. The number of benzene rings is 2. The van der Waals surface area contributed by atoms with Crippen LogP contribution >= 0.6 is 11.8 Å². The summed E-state index contributed by atoms with van der Waals surface area (Å²) < 4.78 is 5.45. The van der Waals surface area contributed by atoms with Crippen LogP contribution in [0.5, 0.6) is 5.75 Å². The summed E-state index contributed by atoms with van der Waals surface area (Å²) in [5.74, 6) is -0.0885. The standard InChI is InChI=1S/C20H23N3O4S/c1-22(2)18(24)13-27-15-9-7-8-14(12-15)19(25)21-16-10-5-6-11-17(16)28-20(26)23(3)4/h5-12H,13H2,1-4H3,(H,21,25). The van der Waals surface area contributed by atoms with Gasteiger partial charge in [-0.2, -0.15) is 0 Å². The van der Waals surface area contributed by atoms with Crippen molar-refractivity contribution in [3.8, 4) is 5.75 Å². The predicted molar refractivity (Wildman–Crippen MR) is 110 cm³/mol. The first-order valence-electron chi connectivity index (χ1n) is 8.50. The van der Waals surface area contributed by atoms with Gasteiger partial charge < -0.3 is 19.9 Å². The van der Waals surface area contributed by atoms with Gasteiger partial charge in [-0.3, -0.25) is 14.4 Å². The maximum Gasteiger partial charge on any atom is 0.286 e. The van der Waals surface area contributed by atoms with E-state index in [4.69, 9.17) is 4.74 Å². The zero-order chi connectivity index (χ0) is 20.7. The number of nitrogens with zero attached hydrogens (tertiary/aromatic N) is 2. The van der Waals surface area contributed by atoms with Crippen molar-refractivity contribution in [3.05, 3.63) is 54.1 Å². The molecule has 2 aromatic rings. The molecule has 0 aliphatic rings. The lowest BCUT2D eigenvalue weighted by atomic mass is 10.2. The zero-order valence-electron chi connectivity index (χ0n) is 16.3. The van der Waals surface area contributed by atoms with E-state index in [1.54, 1.807) is 76.7 Å². The number of hydrogen-bond donors (Lipinski definition) is 1. The average Bonchev–Trinajstić information content (AvgIpc) is 2.67. The van der Waals surface area contributed by atoms with Crippen molar-refractivity contribution in [2.75, 3.05) is 40.1 Å². The number of nitrogens with one attached hydrogen (secondary N) is 1. The Labute approximate surface area is 168 Å². The van der Waals surface area contributed by atoms with E-state index in [1.807, 2.05) is 0 Å². The second-order valence-corrected chi connectivity index (χ2v) is 7.31. The first-order valence-corrected chi connectivity index (χ1v) is 9.32. The molecule has 0 spiro atoms. The highest BCUT2D eigenvalue weighted by Crippen LogP contribution is 2.29. The Balaban J connectivity index is 2.10. The van der Waals surface area contributed by atoms with E-state index >= 15 is 0 Å². The first-order chi connectivity index (χ1) is 13.3. The molecule has 8 heteroatoms. The Morgan fingerprint density at radius 1 is 0.964 bits per heavy atom. The van der Waals surface area contributed by atoms with Crippen LogP contribution in [-0.2, 0) is 4.79 Å². The van der Waals surface area contributed by atoms with Gasteiger partial charge in [0.25, 0.3) is 17.1 Å². The SMILES string of the molecule is CN(C)C(=O)COc1cccc(C(=O)Nc2ccccc2SC(=O)N(C)C)c1. The van der Waals surface area contributed by atoms with Gasteiger partial charge in [-0.05, 0) is 42.1 Å². The van der Waals surface area contributed by atoms with E-state index in [1.165, 1.54) is 9.80 Å². The molecule has 0 saturated heterocycles. The third-order valence-electron chi connectivity index (χ3n) is 3.66. The van der Waals surface area contributed by atoms with Gasteiger partial charge >= 0.3 is 0 Å². The minimum Gasteiger partial charge on any atom is -0.484 e. The number of para-hydroxylation sites is 1. The van der Waals surface area contributed by atoms with Crippen LogP contribution in [0.4, 0.5) is 10.5 Å². The molecule has 0 fully saturated rings. The van der Waals surface area contributed by atoms with E-state index < -0.39 is 0 Å². The Bertz CT molecular complexity index is 868. The van der Waals surface area contributed by atoms with E-state index in [0.29, 0.717) is 21.9 Å². The molecule has 0 saturated carbocycles. The van der Waals surface area contributed by atoms with Crippen LogP contribution in [0.2, 0.25) is 0 Å². The van der Waals surface area contributed by atoms with Gasteiger partial charge in [0.2, 0.25) is 0 Å². The Hall–Kier alpha value is -3.00. The summed E-state index contributed by atoms with van der Waals surface area (Å²) in [5.41, 5.74) is 0.926. The lowest BCUT2D eigenvalue weighted by Gasteiger charge is -2.14. The molecule has 3 amide bonds. The van der Waals surface area contributed by atoms with Crippen LogP contribution in [0.25, 0.3) is 0 Å². The monoisotopic (exact) mass is 401 g/mol. The lowest BCUT2D eigenvalue weighted by Crippen LogP contribution is -2.27. The lowest BCUT2D eigenvalue weighted by molar-refractivity contribution is -0.130. The Kier molecular flexibility index (Phi) is 7.45. The van der Waals surface area contributed by atoms with Crippen LogP contribution < -0.4 is 10.1 Å². The molecule has 148 valence electrons. The minimum atomic E-state index is -0.338. The maximum atomic E-state index is 12.6. The van der Waals surface area contributed by atoms with E-state index in [0.717, 1.165) is 11.8 Å². The molecule has 0 heterocycles. The van der Waals surface area contributed by atoms with Crippen LogP contribution in [0, 0.1) is 0 Å². The quantitative estimate of drug-likeness (QED) is 0.752. The number of rotatable bonds is 6. The van der Waals surface area contributed by atoms with Gasteiger partial charge in [0, 0.05) is 38.6 Å². The minimum absolute atomic E-state index is 0.107. The van der Waals surface area contributed by atoms with Gasteiger partial charge in [0.1, 0.15) is 5.75 Å². The summed E-state index contributed by atoms with van der Waals surface area (Å²) in [5, 5.41) is 2.68. The van der Waals surface area contributed by atoms with Gasteiger partial charge in [0.15, 0.2) is 6.61 Å². The third kappa shape index (κ3) is 6.02. The van der Waals surface area contributed by atoms with Gasteiger partial charge in [-0.1, -0.05) is 18.2 Å². The smallest absolute Gasteiger partial charge is 0.286 e. The van der Waals surface area contributed by atoms with E-state index in [2.05, 4.69) is 5.32 Å². The predicted octanol–water partition coefficient (Wildman–Crippen LogP) is 3.18. The summed E-state index contributed by atoms with van der Waals surface area (Å²) >= 11 is 1.04. The number of amides is 3. The normalized spacial score (nSPS) is 10.1. The van der Waals surface area contributed by atoms with Gasteiger partial charge in [-0.15, -0.1) is 0 Å². The highest BCUT2D eigenvalue weighted by Gasteiger charge is 2.14. The molecule has 0 atom stereocenters. The third-order valence-corrected chi connectivity index (χ3v) is 4.77. The molecular weight excluding hydrogens is 378 g/mol. The molecule has 0 radical (unpaired) electrons. The number of anilines is 1. The molecule has 1 N–H and O–H groups in total. The zero-order valence-corrected chi connectivity index (χ0v) is 17.1. The summed E-state index contributed by atoms with van der Waals surface area (Å²) in [6, 6.07) is 13.7. The van der Waals surface area contributed by atoms with Gasteiger partial charge in [0.05, 0.1) is 5.69 Å². The van der Waals surface area contributed by atoms with Crippen LogP contribution in [0.15, 0.2) is 53.4 Å². The summed E-state index contributed by atoms with van der Waals surface area (Å²) in [4.78, 5) is 39.8. The molecule has 0 unspecified atom stereocenters. The molecular formula is C20H23N3O4S. The van der Waals surface area contributed by atoms with Crippen LogP contribution in [-0.4, -0.2) is 61.7 Å². The Morgan fingerprint density at radius 3 is 2.36 bits per heavy atom. The fraction of sp³-hybridized carbons (Fsp3) is 0.250. The number of carbonyl (C=O) groups is 3. The summed E-state index contributed by atoms with van der Waals surface area (Å²) in [7, 11) is 6.63. The molecule has 2 aromatic carbocycles. The Morgan fingerprint density at radius 2 is 1.68 bits per heavy atom. The van der Waals surface area contributed by atoms with Crippen molar-refractivity contribution in [2.24, 2.45) is 0 Å². The number of carbonyl (C=O) groups excluding carboxylic acids is 3.